The zero-order valence-electron chi connectivity index (χ0n) is 11.4. The van der Waals surface area contributed by atoms with Crippen LogP contribution in [0.4, 0.5) is 0 Å². The standard InChI is InChI=1S/C14H25N3/c1-13(2,3)17-10-12(9-16-17)14(11-15)7-5-4-6-8-14/h9-10H,4-8,11,15H2,1-3H3. The van der Waals surface area contributed by atoms with E-state index in [1.807, 2.05) is 6.20 Å². The molecule has 3 heteroatoms. The van der Waals surface area contributed by atoms with Gasteiger partial charge in [0.1, 0.15) is 0 Å². The minimum absolute atomic E-state index is 0.0582. The van der Waals surface area contributed by atoms with Gasteiger partial charge in [-0.25, -0.2) is 0 Å². The molecule has 1 aromatic rings. The smallest absolute Gasteiger partial charge is 0.0543 e. The third-order valence-electron chi connectivity index (χ3n) is 4.08. The van der Waals surface area contributed by atoms with Crippen LogP contribution < -0.4 is 5.73 Å². The fraction of sp³-hybridized carbons (Fsp3) is 0.786. The minimum atomic E-state index is 0.0582. The summed E-state index contributed by atoms with van der Waals surface area (Å²) in [7, 11) is 0. The van der Waals surface area contributed by atoms with Crippen molar-refractivity contribution in [3.05, 3.63) is 18.0 Å². The molecule has 1 aliphatic carbocycles. The van der Waals surface area contributed by atoms with E-state index in [2.05, 4.69) is 36.7 Å². The maximum Gasteiger partial charge on any atom is 0.0543 e. The molecule has 0 aromatic carbocycles. The lowest BCUT2D eigenvalue weighted by atomic mass is 9.70. The van der Waals surface area contributed by atoms with Gasteiger partial charge in [-0.05, 0) is 39.2 Å². The number of nitrogens with zero attached hydrogens (tertiary/aromatic N) is 2. The van der Waals surface area contributed by atoms with Crippen LogP contribution in [0.5, 0.6) is 0 Å². The Hall–Kier alpha value is -0.830. The molecule has 0 aliphatic heterocycles. The zero-order chi connectivity index (χ0) is 12.5. The summed E-state index contributed by atoms with van der Waals surface area (Å²) >= 11 is 0. The third kappa shape index (κ3) is 2.39. The largest absolute Gasteiger partial charge is 0.330 e. The molecule has 1 heterocycles. The normalized spacial score (nSPS) is 20.5. The molecule has 0 radical (unpaired) electrons. The topological polar surface area (TPSA) is 43.8 Å². The SMILES string of the molecule is CC(C)(C)n1cc(C2(CN)CCCCC2)cn1. The highest BCUT2D eigenvalue weighted by Crippen LogP contribution is 2.38. The summed E-state index contributed by atoms with van der Waals surface area (Å²) in [6.07, 6.45) is 10.6. The predicted molar refractivity (Wildman–Crippen MR) is 71.0 cm³/mol. The van der Waals surface area contributed by atoms with Crippen molar-refractivity contribution in [1.29, 1.82) is 0 Å². The van der Waals surface area contributed by atoms with Crippen LogP contribution in [0.1, 0.15) is 58.4 Å². The van der Waals surface area contributed by atoms with Crippen molar-refractivity contribution in [2.24, 2.45) is 5.73 Å². The summed E-state index contributed by atoms with van der Waals surface area (Å²) < 4.78 is 2.06. The highest BCUT2D eigenvalue weighted by molar-refractivity contribution is 5.21. The lowest BCUT2D eigenvalue weighted by Crippen LogP contribution is -2.37. The molecule has 0 spiro atoms. The van der Waals surface area contributed by atoms with Gasteiger partial charge < -0.3 is 5.73 Å². The Morgan fingerprint density at radius 1 is 1.29 bits per heavy atom. The lowest BCUT2D eigenvalue weighted by Gasteiger charge is -2.35. The quantitative estimate of drug-likeness (QED) is 0.856. The van der Waals surface area contributed by atoms with E-state index in [4.69, 9.17) is 5.73 Å². The molecular weight excluding hydrogens is 210 g/mol. The fourth-order valence-electron chi connectivity index (χ4n) is 2.80. The number of hydrogen-bond acceptors (Lipinski definition) is 2. The first kappa shape index (κ1) is 12.6. The second kappa shape index (κ2) is 4.45. The average Bonchev–Trinajstić information content (AvgIpc) is 2.79. The number of nitrogens with two attached hydrogens (primary N) is 1. The lowest BCUT2D eigenvalue weighted by molar-refractivity contribution is 0.299. The molecule has 3 nitrogen and oxygen atoms in total. The predicted octanol–water partition coefficient (Wildman–Crippen LogP) is 2.80. The monoisotopic (exact) mass is 235 g/mol. The van der Waals surface area contributed by atoms with E-state index in [-0.39, 0.29) is 11.0 Å². The Kier molecular flexibility index (Phi) is 3.30. The van der Waals surface area contributed by atoms with E-state index in [9.17, 15) is 0 Å². The second-order valence-corrected chi connectivity index (χ2v) is 6.39. The highest BCUT2D eigenvalue weighted by atomic mass is 15.3. The molecule has 1 fully saturated rings. The molecule has 0 atom stereocenters. The summed E-state index contributed by atoms with van der Waals surface area (Å²) in [6.45, 7) is 7.29. The summed E-state index contributed by atoms with van der Waals surface area (Å²) in [5.41, 5.74) is 7.65. The molecule has 1 aliphatic rings. The molecular formula is C14H25N3. The van der Waals surface area contributed by atoms with Crippen LogP contribution in [-0.2, 0) is 11.0 Å². The van der Waals surface area contributed by atoms with Gasteiger partial charge in [-0.3, -0.25) is 4.68 Å². The average molecular weight is 235 g/mol. The first-order valence-corrected chi connectivity index (χ1v) is 6.74. The first-order chi connectivity index (χ1) is 7.98. The Bertz CT molecular complexity index is 367. The minimum Gasteiger partial charge on any atom is -0.330 e. The van der Waals surface area contributed by atoms with Crippen LogP contribution in [0.25, 0.3) is 0 Å². The Balaban J connectivity index is 2.28. The van der Waals surface area contributed by atoms with Gasteiger partial charge in [-0.1, -0.05) is 19.3 Å². The molecule has 96 valence electrons. The Labute approximate surface area is 104 Å². The summed E-state index contributed by atoms with van der Waals surface area (Å²) in [4.78, 5) is 0. The van der Waals surface area contributed by atoms with Crippen LogP contribution >= 0.6 is 0 Å². The molecule has 0 saturated heterocycles. The summed E-state index contributed by atoms with van der Waals surface area (Å²) in [6, 6.07) is 0. The van der Waals surface area contributed by atoms with Gasteiger partial charge in [-0.15, -0.1) is 0 Å². The van der Waals surface area contributed by atoms with E-state index in [1.165, 1.54) is 37.7 Å². The third-order valence-corrected chi connectivity index (χ3v) is 4.08. The Morgan fingerprint density at radius 2 is 1.94 bits per heavy atom. The summed E-state index contributed by atoms with van der Waals surface area (Å²) in [5, 5.41) is 4.52. The fourth-order valence-corrected chi connectivity index (χ4v) is 2.80. The van der Waals surface area contributed by atoms with Crippen LogP contribution in [0.15, 0.2) is 12.4 Å². The van der Waals surface area contributed by atoms with Crippen molar-refractivity contribution < 1.29 is 0 Å². The molecule has 2 rings (SSSR count). The zero-order valence-corrected chi connectivity index (χ0v) is 11.4. The van der Waals surface area contributed by atoms with Crippen LogP contribution in [0, 0.1) is 0 Å². The molecule has 1 aromatic heterocycles. The molecule has 0 amide bonds. The van der Waals surface area contributed by atoms with Gasteiger partial charge in [0.25, 0.3) is 0 Å². The molecule has 0 bridgehead atoms. The van der Waals surface area contributed by atoms with Gasteiger partial charge in [0.05, 0.1) is 11.7 Å². The molecule has 2 N–H and O–H groups in total. The first-order valence-electron chi connectivity index (χ1n) is 6.74. The van der Waals surface area contributed by atoms with Crippen molar-refractivity contribution in [3.8, 4) is 0 Å². The molecule has 1 saturated carbocycles. The van der Waals surface area contributed by atoms with Gasteiger partial charge in [0, 0.05) is 18.2 Å². The maximum absolute atomic E-state index is 6.05. The van der Waals surface area contributed by atoms with Crippen molar-refractivity contribution in [2.45, 2.75) is 63.8 Å². The Morgan fingerprint density at radius 3 is 2.41 bits per heavy atom. The van der Waals surface area contributed by atoms with Crippen molar-refractivity contribution >= 4 is 0 Å². The number of rotatable bonds is 2. The molecule has 17 heavy (non-hydrogen) atoms. The van der Waals surface area contributed by atoms with Crippen molar-refractivity contribution in [2.75, 3.05) is 6.54 Å². The van der Waals surface area contributed by atoms with Gasteiger partial charge in [0.2, 0.25) is 0 Å². The maximum atomic E-state index is 6.05. The van der Waals surface area contributed by atoms with E-state index >= 15 is 0 Å². The van der Waals surface area contributed by atoms with Crippen molar-refractivity contribution in [3.63, 3.8) is 0 Å². The van der Waals surface area contributed by atoms with Gasteiger partial charge in [0.15, 0.2) is 0 Å². The van der Waals surface area contributed by atoms with Crippen molar-refractivity contribution in [1.82, 2.24) is 9.78 Å². The van der Waals surface area contributed by atoms with Crippen LogP contribution in [0.2, 0.25) is 0 Å². The second-order valence-electron chi connectivity index (χ2n) is 6.39. The van der Waals surface area contributed by atoms with E-state index in [0.29, 0.717) is 0 Å². The van der Waals surface area contributed by atoms with Gasteiger partial charge >= 0.3 is 0 Å². The highest BCUT2D eigenvalue weighted by Gasteiger charge is 2.34. The van der Waals surface area contributed by atoms with E-state index < -0.39 is 0 Å². The van der Waals surface area contributed by atoms with Gasteiger partial charge in [-0.2, -0.15) is 5.10 Å². The summed E-state index contributed by atoms with van der Waals surface area (Å²) in [5.74, 6) is 0. The van der Waals surface area contributed by atoms with Crippen LogP contribution in [-0.4, -0.2) is 16.3 Å². The number of aromatic nitrogens is 2. The van der Waals surface area contributed by atoms with E-state index in [1.54, 1.807) is 0 Å². The number of hydrogen-bond donors (Lipinski definition) is 1. The molecule has 0 unspecified atom stereocenters. The van der Waals surface area contributed by atoms with Crippen LogP contribution in [0.3, 0.4) is 0 Å². The van der Waals surface area contributed by atoms with E-state index in [0.717, 1.165) is 6.54 Å².